The Balaban J connectivity index is 1.96. The van der Waals surface area contributed by atoms with Crippen LogP contribution in [-0.4, -0.2) is 71.3 Å². The molecule has 112 valence electrons. The van der Waals surface area contributed by atoms with Crippen LogP contribution in [0.3, 0.4) is 0 Å². The van der Waals surface area contributed by atoms with Crippen molar-refractivity contribution in [1.29, 1.82) is 0 Å². The first kappa shape index (κ1) is 15.2. The summed E-state index contributed by atoms with van der Waals surface area (Å²) in [5.41, 5.74) is 0.202. The van der Waals surface area contributed by atoms with E-state index in [0.29, 0.717) is 18.1 Å². The molecule has 19 heavy (non-hydrogen) atoms. The van der Waals surface area contributed by atoms with Gasteiger partial charge in [-0.05, 0) is 38.9 Å². The molecular weight excluding hydrogens is 264 g/mol. The molecule has 6 heteroatoms. The third-order valence-electron chi connectivity index (χ3n) is 4.32. The van der Waals surface area contributed by atoms with Crippen molar-refractivity contribution in [2.45, 2.75) is 19.3 Å². The Kier molecular flexibility index (Phi) is 5.22. The second-order valence-electron chi connectivity index (χ2n) is 5.96. The zero-order valence-electron chi connectivity index (χ0n) is 11.9. The van der Waals surface area contributed by atoms with Crippen molar-refractivity contribution in [2.75, 3.05) is 57.9 Å². The van der Waals surface area contributed by atoms with Gasteiger partial charge < -0.3 is 15.0 Å². The number of hydrogen-bond acceptors (Lipinski definition) is 5. The van der Waals surface area contributed by atoms with Crippen molar-refractivity contribution in [3.05, 3.63) is 0 Å². The summed E-state index contributed by atoms with van der Waals surface area (Å²) in [6.45, 7) is 5.40. The summed E-state index contributed by atoms with van der Waals surface area (Å²) in [6.07, 6.45) is 3.00. The Morgan fingerprint density at radius 2 is 1.95 bits per heavy atom. The second-order valence-corrected chi connectivity index (χ2v) is 8.27. The van der Waals surface area contributed by atoms with Gasteiger partial charge in [-0.1, -0.05) is 0 Å². The van der Waals surface area contributed by atoms with E-state index in [9.17, 15) is 8.42 Å². The van der Waals surface area contributed by atoms with E-state index in [1.165, 1.54) is 0 Å². The quantitative estimate of drug-likeness (QED) is 0.797. The molecule has 2 saturated heterocycles. The first-order valence-electron chi connectivity index (χ1n) is 7.18. The minimum atomic E-state index is -2.81. The molecule has 2 fully saturated rings. The Morgan fingerprint density at radius 3 is 2.63 bits per heavy atom. The molecule has 0 aromatic rings. The Morgan fingerprint density at radius 1 is 1.21 bits per heavy atom. The van der Waals surface area contributed by atoms with Crippen LogP contribution >= 0.6 is 0 Å². The zero-order valence-corrected chi connectivity index (χ0v) is 12.7. The van der Waals surface area contributed by atoms with Gasteiger partial charge >= 0.3 is 0 Å². The highest BCUT2D eigenvalue weighted by molar-refractivity contribution is 7.91. The smallest absolute Gasteiger partial charge is 0.151 e. The molecule has 1 N–H and O–H groups in total. The predicted molar refractivity (Wildman–Crippen MR) is 76.1 cm³/mol. The lowest BCUT2D eigenvalue weighted by Crippen LogP contribution is -2.47. The van der Waals surface area contributed by atoms with Crippen molar-refractivity contribution < 1.29 is 13.2 Å². The van der Waals surface area contributed by atoms with E-state index < -0.39 is 9.84 Å². The molecule has 0 aromatic carbocycles. The highest BCUT2D eigenvalue weighted by Gasteiger charge is 2.34. The topological polar surface area (TPSA) is 58.6 Å². The number of sulfone groups is 1. The summed E-state index contributed by atoms with van der Waals surface area (Å²) < 4.78 is 28.7. The molecule has 2 heterocycles. The van der Waals surface area contributed by atoms with Gasteiger partial charge in [0.2, 0.25) is 0 Å². The molecule has 0 atom stereocenters. The van der Waals surface area contributed by atoms with Gasteiger partial charge in [0.05, 0.1) is 18.1 Å². The van der Waals surface area contributed by atoms with Gasteiger partial charge in [-0.15, -0.1) is 0 Å². The summed E-state index contributed by atoms with van der Waals surface area (Å²) in [5, 5.41) is 3.39. The van der Waals surface area contributed by atoms with Crippen LogP contribution in [-0.2, 0) is 14.6 Å². The number of piperidine rings is 1. The number of nitrogens with zero attached hydrogens (tertiary/aromatic N) is 1. The Hall–Kier alpha value is -0.170. The van der Waals surface area contributed by atoms with Crippen LogP contribution in [0.25, 0.3) is 0 Å². The minimum absolute atomic E-state index is 0.202. The van der Waals surface area contributed by atoms with Crippen LogP contribution in [0.15, 0.2) is 0 Å². The largest absolute Gasteiger partial charge is 0.384 e. The molecule has 2 aliphatic heterocycles. The van der Waals surface area contributed by atoms with E-state index in [-0.39, 0.29) is 5.41 Å². The van der Waals surface area contributed by atoms with Crippen LogP contribution in [0.5, 0.6) is 0 Å². The van der Waals surface area contributed by atoms with E-state index in [1.54, 1.807) is 7.11 Å². The van der Waals surface area contributed by atoms with Crippen LogP contribution in [0.4, 0.5) is 0 Å². The van der Waals surface area contributed by atoms with Gasteiger partial charge in [0.1, 0.15) is 0 Å². The first-order chi connectivity index (χ1) is 9.05. The van der Waals surface area contributed by atoms with Crippen molar-refractivity contribution >= 4 is 9.84 Å². The number of ether oxygens (including phenoxy) is 1. The first-order valence-corrected chi connectivity index (χ1v) is 9.00. The van der Waals surface area contributed by atoms with Gasteiger partial charge in [-0.2, -0.15) is 0 Å². The molecule has 0 aromatic heterocycles. The fraction of sp³-hybridized carbons (Fsp3) is 1.00. The Bertz CT molecular complexity index is 372. The molecule has 0 amide bonds. The lowest BCUT2D eigenvalue weighted by Gasteiger charge is -2.40. The van der Waals surface area contributed by atoms with Gasteiger partial charge in [0.15, 0.2) is 9.84 Å². The molecule has 0 saturated carbocycles. The van der Waals surface area contributed by atoms with E-state index >= 15 is 0 Å². The standard InChI is InChI=1S/C13H26N2O3S/c1-18-12-13(3-5-14-6-4-13)11-15-7-2-9-19(16,17)10-8-15/h14H,2-12H2,1H3. The second kappa shape index (κ2) is 6.52. The van der Waals surface area contributed by atoms with E-state index in [2.05, 4.69) is 10.2 Å². The van der Waals surface area contributed by atoms with E-state index in [1.807, 2.05) is 0 Å². The highest BCUT2D eigenvalue weighted by Crippen LogP contribution is 2.30. The molecule has 2 aliphatic rings. The third kappa shape index (κ3) is 4.41. The van der Waals surface area contributed by atoms with Crippen LogP contribution in [0.1, 0.15) is 19.3 Å². The van der Waals surface area contributed by atoms with Gasteiger partial charge in [-0.25, -0.2) is 8.42 Å². The number of methoxy groups -OCH3 is 1. The highest BCUT2D eigenvalue weighted by atomic mass is 32.2. The maximum absolute atomic E-state index is 11.7. The van der Waals surface area contributed by atoms with Gasteiger partial charge in [0, 0.05) is 25.6 Å². The zero-order chi connectivity index (χ0) is 13.8. The summed E-state index contributed by atoms with van der Waals surface area (Å²) >= 11 is 0. The lowest BCUT2D eigenvalue weighted by atomic mass is 9.79. The SMILES string of the molecule is COCC1(CN2CCCS(=O)(=O)CC2)CCNCC1. The van der Waals surface area contributed by atoms with Crippen molar-refractivity contribution in [2.24, 2.45) is 5.41 Å². The molecule has 2 rings (SSSR count). The fourth-order valence-electron chi connectivity index (χ4n) is 3.23. The number of hydrogen-bond donors (Lipinski definition) is 1. The molecule has 5 nitrogen and oxygen atoms in total. The van der Waals surface area contributed by atoms with Crippen molar-refractivity contribution in [3.63, 3.8) is 0 Å². The van der Waals surface area contributed by atoms with Crippen molar-refractivity contribution in [1.82, 2.24) is 10.2 Å². The van der Waals surface area contributed by atoms with Gasteiger partial charge in [-0.3, -0.25) is 0 Å². The van der Waals surface area contributed by atoms with E-state index in [0.717, 1.165) is 52.0 Å². The van der Waals surface area contributed by atoms with Crippen molar-refractivity contribution in [3.8, 4) is 0 Å². The van der Waals surface area contributed by atoms with Crippen LogP contribution in [0.2, 0.25) is 0 Å². The molecular formula is C13H26N2O3S. The summed E-state index contributed by atoms with van der Waals surface area (Å²) in [6, 6.07) is 0. The van der Waals surface area contributed by atoms with E-state index in [4.69, 9.17) is 4.74 Å². The summed E-state index contributed by atoms with van der Waals surface area (Å²) in [5.74, 6) is 0.663. The van der Waals surface area contributed by atoms with Gasteiger partial charge in [0.25, 0.3) is 0 Å². The molecule has 0 bridgehead atoms. The normalized spacial score (nSPS) is 27.8. The molecule has 0 aliphatic carbocycles. The van der Waals surface area contributed by atoms with Crippen LogP contribution in [0, 0.1) is 5.41 Å². The van der Waals surface area contributed by atoms with Crippen LogP contribution < -0.4 is 5.32 Å². The minimum Gasteiger partial charge on any atom is -0.384 e. The number of rotatable bonds is 4. The molecule has 0 unspecified atom stereocenters. The maximum atomic E-state index is 11.7. The average Bonchev–Trinajstić information content (AvgIpc) is 2.52. The molecule has 0 radical (unpaired) electrons. The monoisotopic (exact) mass is 290 g/mol. The third-order valence-corrected chi connectivity index (χ3v) is 6.04. The maximum Gasteiger partial charge on any atom is 0.151 e. The Labute approximate surface area is 116 Å². The average molecular weight is 290 g/mol. The predicted octanol–water partition coefficient (Wildman–Crippen LogP) is 0.123. The summed E-state index contributed by atoms with van der Waals surface area (Å²) in [7, 11) is -1.05. The number of nitrogens with one attached hydrogen (secondary N) is 1. The lowest BCUT2D eigenvalue weighted by molar-refractivity contribution is 0.0242. The summed E-state index contributed by atoms with van der Waals surface area (Å²) in [4.78, 5) is 2.33. The fourth-order valence-corrected chi connectivity index (χ4v) is 4.54. The molecule has 0 spiro atoms.